The van der Waals surface area contributed by atoms with E-state index in [9.17, 15) is 9.90 Å². The number of aliphatic hydroxyl groups is 1. The fourth-order valence-electron chi connectivity index (χ4n) is 1.76. The molecule has 1 aromatic heterocycles. The molecule has 15 heavy (non-hydrogen) atoms. The number of hydrogen-bond acceptors (Lipinski definition) is 3. The highest BCUT2D eigenvalue weighted by Crippen LogP contribution is 2.13. The smallest absolute Gasteiger partial charge is 0.251 e. The topological polar surface area (TPSA) is 53.4 Å². The molecule has 0 bridgehead atoms. The van der Waals surface area contributed by atoms with E-state index < -0.39 is 6.10 Å². The molecule has 1 amide bonds. The van der Waals surface area contributed by atoms with Gasteiger partial charge >= 0.3 is 0 Å². The average molecular weight is 206 g/mol. The standard InChI is InChI=1S/C11H14N2O2/c14-10-5-3-7-13(11(10)15)8-9-4-1-2-6-12-9/h1-2,4,6,10,14H,3,5,7-8H2. The molecular weight excluding hydrogens is 192 g/mol. The van der Waals surface area contributed by atoms with Crippen molar-refractivity contribution < 1.29 is 9.90 Å². The zero-order chi connectivity index (χ0) is 10.7. The third-order valence-corrected chi connectivity index (χ3v) is 2.58. The molecule has 2 rings (SSSR count). The first-order valence-corrected chi connectivity index (χ1v) is 5.14. The SMILES string of the molecule is O=C1C(O)CCCN1Cc1ccccn1. The Morgan fingerprint density at radius 3 is 3.13 bits per heavy atom. The summed E-state index contributed by atoms with van der Waals surface area (Å²) in [6.45, 7) is 1.21. The maximum atomic E-state index is 11.6. The average Bonchev–Trinajstić information content (AvgIpc) is 2.26. The van der Waals surface area contributed by atoms with Gasteiger partial charge in [-0.3, -0.25) is 9.78 Å². The molecule has 0 radical (unpaired) electrons. The van der Waals surface area contributed by atoms with Crippen molar-refractivity contribution in [1.82, 2.24) is 9.88 Å². The second kappa shape index (κ2) is 4.40. The molecule has 1 N–H and O–H groups in total. The first-order chi connectivity index (χ1) is 7.27. The molecule has 4 heteroatoms. The lowest BCUT2D eigenvalue weighted by Gasteiger charge is -2.29. The Bertz CT molecular complexity index is 340. The van der Waals surface area contributed by atoms with Crippen LogP contribution in [-0.2, 0) is 11.3 Å². The highest BCUT2D eigenvalue weighted by atomic mass is 16.3. The number of likely N-dealkylation sites (tertiary alicyclic amines) is 1. The van der Waals surface area contributed by atoms with Crippen molar-refractivity contribution in [2.45, 2.75) is 25.5 Å². The lowest BCUT2D eigenvalue weighted by molar-refractivity contribution is -0.144. The molecule has 4 nitrogen and oxygen atoms in total. The fourth-order valence-corrected chi connectivity index (χ4v) is 1.76. The number of aliphatic hydroxyl groups excluding tert-OH is 1. The van der Waals surface area contributed by atoms with E-state index in [1.807, 2.05) is 18.2 Å². The second-order valence-corrected chi connectivity index (χ2v) is 3.74. The fraction of sp³-hybridized carbons (Fsp3) is 0.455. The predicted molar refractivity (Wildman–Crippen MR) is 54.9 cm³/mol. The van der Waals surface area contributed by atoms with Crippen molar-refractivity contribution in [3.63, 3.8) is 0 Å². The minimum Gasteiger partial charge on any atom is -0.383 e. The van der Waals surface area contributed by atoms with Gasteiger partial charge in [0.15, 0.2) is 0 Å². The Hall–Kier alpha value is -1.42. The zero-order valence-corrected chi connectivity index (χ0v) is 8.47. The van der Waals surface area contributed by atoms with Crippen molar-refractivity contribution in [3.8, 4) is 0 Å². The number of carbonyl (C=O) groups excluding carboxylic acids is 1. The molecular formula is C11H14N2O2. The number of piperidine rings is 1. The third kappa shape index (κ3) is 2.33. The molecule has 1 saturated heterocycles. The number of hydrogen-bond donors (Lipinski definition) is 1. The molecule has 1 atom stereocenters. The first-order valence-electron chi connectivity index (χ1n) is 5.14. The Balaban J connectivity index is 2.03. The van der Waals surface area contributed by atoms with Crippen LogP contribution in [0.25, 0.3) is 0 Å². The summed E-state index contributed by atoms with van der Waals surface area (Å²) in [6.07, 6.45) is 2.33. The Morgan fingerprint density at radius 2 is 2.40 bits per heavy atom. The van der Waals surface area contributed by atoms with Crippen molar-refractivity contribution in [2.24, 2.45) is 0 Å². The number of amides is 1. The summed E-state index contributed by atoms with van der Waals surface area (Å²) in [6, 6.07) is 5.62. The minimum absolute atomic E-state index is 0.174. The van der Waals surface area contributed by atoms with E-state index >= 15 is 0 Å². The van der Waals surface area contributed by atoms with Crippen LogP contribution in [0.5, 0.6) is 0 Å². The van der Waals surface area contributed by atoms with Crippen molar-refractivity contribution >= 4 is 5.91 Å². The van der Waals surface area contributed by atoms with Crippen LogP contribution in [0, 0.1) is 0 Å². The van der Waals surface area contributed by atoms with Gasteiger partial charge in [-0.25, -0.2) is 0 Å². The molecule has 0 aliphatic carbocycles. The van der Waals surface area contributed by atoms with Gasteiger partial charge < -0.3 is 10.0 Å². The van der Waals surface area contributed by atoms with Crippen LogP contribution in [-0.4, -0.2) is 33.5 Å². The summed E-state index contributed by atoms with van der Waals surface area (Å²) in [5.74, 6) is -0.174. The maximum Gasteiger partial charge on any atom is 0.251 e. The summed E-state index contributed by atoms with van der Waals surface area (Å²) >= 11 is 0. The predicted octanol–water partition coefficient (Wildman–Crippen LogP) is 0.565. The van der Waals surface area contributed by atoms with Crippen LogP contribution in [0.4, 0.5) is 0 Å². The quantitative estimate of drug-likeness (QED) is 0.769. The van der Waals surface area contributed by atoms with Crippen molar-refractivity contribution in [2.75, 3.05) is 6.54 Å². The summed E-state index contributed by atoms with van der Waals surface area (Å²) in [4.78, 5) is 17.4. The van der Waals surface area contributed by atoms with E-state index in [1.54, 1.807) is 11.1 Å². The van der Waals surface area contributed by atoms with Gasteiger partial charge in [0.1, 0.15) is 6.10 Å². The highest BCUT2D eigenvalue weighted by molar-refractivity contribution is 5.81. The molecule has 1 fully saturated rings. The van der Waals surface area contributed by atoms with Crippen LogP contribution in [0.2, 0.25) is 0 Å². The normalized spacial score (nSPS) is 21.8. The molecule has 1 aliphatic rings. The monoisotopic (exact) mass is 206 g/mol. The van der Waals surface area contributed by atoms with Gasteiger partial charge in [0.25, 0.3) is 5.91 Å². The lowest BCUT2D eigenvalue weighted by atomic mass is 10.1. The summed E-state index contributed by atoms with van der Waals surface area (Å²) in [5.41, 5.74) is 0.861. The maximum absolute atomic E-state index is 11.6. The molecule has 0 saturated carbocycles. The van der Waals surface area contributed by atoms with E-state index in [4.69, 9.17) is 0 Å². The van der Waals surface area contributed by atoms with Crippen LogP contribution in [0.3, 0.4) is 0 Å². The number of carbonyl (C=O) groups is 1. The first kappa shape index (κ1) is 10.1. The van der Waals surface area contributed by atoms with Crippen LogP contribution >= 0.6 is 0 Å². The van der Waals surface area contributed by atoms with Gasteiger partial charge in [0, 0.05) is 12.7 Å². The van der Waals surface area contributed by atoms with Gasteiger partial charge in [-0.15, -0.1) is 0 Å². The molecule has 1 aliphatic heterocycles. The van der Waals surface area contributed by atoms with Crippen molar-refractivity contribution in [3.05, 3.63) is 30.1 Å². The van der Waals surface area contributed by atoms with Gasteiger partial charge in [-0.05, 0) is 25.0 Å². The van der Waals surface area contributed by atoms with E-state index in [0.29, 0.717) is 19.5 Å². The van der Waals surface area contributed by atoms with Crippen LogP contribution in [0.1, 0.15) is 18.5 Å². The molecule has 80 valence electrons. The van der Waals surface area contributed by atoms with Gasteiger partial charge in [-0.2, -0.15) is 0 Å². The number of pyridine rings is 1. The number of rotatable bonds is 2. The number of aromatic nitrogens is 1. The van der Waals surface area contributed by atoms with Crippen LogP contribution in [0.15, 0.2) is 24.4 Å². The lowest BCUT2D eigenvalue weighted by Crippen LogP contribution is -2.43. The highest BCUT2D eigenvalue weighted by Gasteiger charge is 2.26. The van der Waals surface area contributed by atoms with E-state index in [2.05, 4.69) is 4.98 Å². The molecule has 1 unspecified atom stereocenters. The Morgan fingerprint density at radius 1 is 1.53 bits per heavy atom. The van der Waals surface area contributed by atoms with E-state index in [-0.39, 0.29) is 5.91 Å². The van der Waals surface area contributed by atoms with Gasteiger partial charge in [0.2, 0.25) is 0 Å². The Labute approximate surface area is 88.6 Å². The van der Waals surface area contributed by atoms with E-state index in [1.165, 1.54) is 0 Å². The molecule has 0 spiro atoms. The minimum atomic E-state index is -0.817. The Kier molecular flexibility index (Phi) is 2.97. The summed E-state index contributed by atoms with van der Waals surface area (Å²) in [5, 5.41) is 9.41. The largest absolute Gasteiger partial charge is 0.383 e. The third-order valence-electron chi connectivity index (χ3n) is 2.58. The molecule has 0 aromatic carbocycles. The van der Waals surface area contributed by atoms with Crippen LogP contribution < -0.4 is 0 Å². The second-order valence-electron chi connectivity index (χ2n) is 3.74. The molecule has 2 heterocycles. The number of nitrogens with zero attached hydrogens (tertiary/aromatic N) is 2. The molecule has 1 aromatic rings. The summed E-state index contributed by atoms with van der Waals surface area (Å²) in [7, 11) is 0. The zero-order valence-electron chi connectivity index (χ0n) is 8.47. The van der Waals surface area contributed by atoms with Crippen molar-refractivity contribution in [1.29, 1.82) is 0 Å². The van der Waals surface area contributed by atoms with Gasteiger partial charge in [-0.1, -0.05) is 6.07 Å². The summed E-state index contributed by atoms with van der Waals surface area (Å²) < 4.78 is 0. The van der Waals surface area contributed by atoms with Gasteiger partial charge in [0.05, 0.1) is 12.2 Å². The van der Waals surface area contributed by atoms with E-state index in [0.717, 1.165) is 12.1 Å².